The standard InChI is InChI=1S/C18H23N5O4/c1-10(2)9-23-18(27)13-8-6-5-7-12(13)14(22-23)15(24)20-21-17(26)16(25)19-11(3)4/h5-8,10-11H,9H2,1-4H3,(H,19,25)(H,20,24)(H,21,26). The molecule has 1 aromatic carbocycles. The van der Waals surface area contributed by atoms with Crippen LogP contribution in [0.15, 0.2) is 29.1 Å². The van der Waals surface area contributed by atoms with Crippen LogP contribution in [0.3, 0.4) is 0 Å². The third-order valence-electron chi connectivity index (χ3n) is 3.54. The van der Waals surface area contributed by atoms with Crippen LogP contribution in [0.2, 0.25) is 0 Å². The van der Waals surface area contributed by atoms with Crippen molar-refractivity contribution in [1.82, 2.24) is 25.9 Å². The first kappa shape index (κ1) is 20.1. The number of carbonyl (C=O) groups excluding carboxylic acids is 3. The lowest BCUT2D eigenvalue weighted by atomic mass is 10.1. The molecule has 0 aliphatic rings. The quantitative estimate of drug-likeness (QED) is 0.527. The highest BCUT2D eigenvalue weighted by molar-refractivity contribution is 6.35. The second-order valence-electron chi connectivity index (χ2n) is 6.81. The van der Waals surface area contributed by atoms with E-state index in [0.717, 1.165) is 0 Å². The van der Waals surface area contributed by atoms with E-state index in [0.29, 0.717) is 17.3 Å². The highest BCUT2D eigenvalue weighted by Gasteiger charge is 2.19. The molecule has 3 N–H and O–H groups in total. The lowest BCUT2D eigenvalue weighted by Gasteiger charge is -2.13. The molecule has 1 aromatic heterocycles. The molecule has 3 amide bonds. The maximum absolute atomic E-state index is 12.5. The number of hydrogen-bond acceptors (Lipinski definition) is 5. The third kappa shape index (κ3) is 4.90. The van der Waals surface area contributed by atoms with Crippen molar-refractivity contribution in [1.29, 1.82) is 0 Å². The number of rotatable bonds is 4. The van der Waals surface area contributed by atoms with E-state index in [-0.39, 0.29) is 23.2 Å². The van der Waals surface area contributed by atoms with Gasteiger partial charge < -0.3 is 5.32 Å². The van der Waals surface area contributed by atoms with Crippen LogP contribution in [0.1, 0.15) is 38.2 Å². The van der Waals surface area contributed by atoms with Gasteiger partial charge in [-0.2, -0.15) is 5.10 Å². The first-order valence-corrected chi connectivity index (χ1v) is 8.61. The van der Waals surface area contributed by atoms with Crippen molar-refractivity contribution in [3.8, 4) is 0 Å². The molecule has 0 fully saturated rings. The van der Waals surface area contributed by atoms with Crippen LogP contribution in [-0.4, -0.2) is 33.5 Å². The van der Waals surface area contributed by atoms with Crippen molar-refractivity contribution in [2.45, 2.75) is 40.3 Å². The van der Waals surface area contributed by atoms with Crippen molar-refractivity contribution >= 4 is 28.5 Å². The summed E-state index contributed by atoms with van der Waals surface area (Å²) in [5.41, 5.74) is 3.90. The molecule has 9 heteroatoms. The van der Waals surface area contributed by atoms with E-state index in [1.807, 2.05) is 19.3 Å². The highest BCUT2D eigenvalue weighted by Crippen LogP contribution is 2.13. The lowest BCUT2D eigenvalue weighted by Crippen LogP contribution is -2.50. The van der Waals surface area contributed by atoms with Crippen molar-refractivity contribution < 1.29 is 14.4 Å². The van der Waals surface area contributed by atoms with Crippen LogP contribution in [0, 0.1) is 5.92 Å². The Morgan fingerprint density at radius 3 is 2.22 bits per heavy atom. The summed E-state index contributed by atoms with van der Waals surface area (Å²) >= 11 is 0. The van der Waals surface area contributed by atoms with Crippen molar-refractivity contribution in [2.75, 3.05) is 0 Å². The molecule has 0 atom stereocenters. The van der Waals surface area contributed by atoms with Gasteiger partial charge in [0.2, 0.25) is 0 Å². The minimum atomic E-state index is -1.00. The fourth-order valence-electron chi connectivity index (χ4n) is 2.43. The maximum Gasteiger partial charge on any atom is 0.327 e. The van der Waals surface area contributed by atoms with Gasteiger partial charge in [0.05, 0.1) is 5.39 Å². The second kappa shape index (κ2) is 8.43. The normalized spacial score (nSPS) is 10.9. The summed E-state index contributed by atoms with van der Waals surface area (Å²) in [7, 11) is 0. The number of fused-ring (bicyclic) bond motifs is 1. The minimum absolute atomic E-state index is 0.0181. The monoisotopic (exact) mass is 373 g/mol. The van der Waals surface area contributed by atoms with Crippen LogP contribution in [0.4, 0.5) is 0 Å². The Kier molecular flexibility index (Phi) is 6.27. The van der Waals surface area contributed by atoms with Gasteiger partial charge in [0, 0.05) is 18.0 Å². The number of hydrogen-bond donors (Lipinski definition) is 3. The number of nitrogens with one attached hydrogen (secondary N) is 3. The van der Waals surface area contributed by atoms with Crippen molar-refractivity contribution in [3.63, 3.8) is 0 Å². The number of hydrazine groups is 1. The van der Waals surface area contributed by atoms with E-state index in [2.05, 4.69) is 15.8 Å². The van der Waals surface area contributed by atoms with E-state index in [9.17, 15) is 19.2 Å². The van der Waals surface area contributed by atoms with Gasteiger partial charge in [-0.3, -0.25) is 30.0 Å². The largest absolute Gasteiger partial charge is 0.346 e. The smallest absolute Gasteiger partial charge is 0.327 e. The van der Waals surface area contributed by atoms with Crippen LogP contribution in [-0.2, 0) is 16.1 Å². The summed E-state index contributed by atoms with van der Waals surface area (Å²) in [5.74, 6) is -2.45. The molecular formula is C18H23N5O4. The predicted molar refractivity (Wildman–Crippen MR) is 99.7 cm³/mol. The van der Waals surface area contributed by atoms with E-state index in [4.69, 9.17) is 0 Å². The van der Waals surface area contributed by atoms with Crippen molar-refractivity contribution in [2.24, 2.45) is 5.92 Å². The van der Waals surface area contributed by atoms with Crippen molar-refractivity contribution in [3.05, 3.63) is 40.3 Å². The Labute approximate surface area is 156 Å². The highest BCUT2D eigenvalue weighted by atomic mass is 16.2. The zero-order chi connectivity index (χ0) is 20.1. The zero-order valence-electron chi connectivity index (χ0n) is 15.7. The summed E-state index contributed by atoms with van der Waals surface area (Å²) < 4.78 is 1.23. The summed E-state index contributed by atoms with van der Waals surface area (Å²) in [6, 6.07) is 6.38. The second-order valence-corrected chi connectivity index (χ2v) is 6.81. The first-order chi connectivity index (χ1) is 12.7. The molecule has 0 saturated carbocycles. The first-order valence-electron chi connectivity index (χ1n) is 8.61. The fourth-order valence-corrected chi connectivity index (χ4v) is 2.43. The average molecular weight is 373 g/mol. The summed E-state index contributed by atoms with van der Waals surface area (Å²) in [4.78, 5) is 48.4. The number of aromatic nitrogens is 2. The molecule has 144 valence electrons. The molecule has 9 nitrogen and oxygen atoms in total. The number of amides is 3. The van der Waals surface area contributed by atoms with Crippen LogP contribution < -0.4 is 21.7 Å². The topological polar surface area (TPSA) is 122 Å². The minimum Gasteiger partial charge on any atom is -0.346 e. The number of benzene rings is 1. The molecule has 0 spiro atoms. The summed E-state index contributed by atoms with van der Waals surface area (Å²) in [5, 5.41) is 7.27. The SMILES string of the molecule is CC(C)Cn1nc(C(=O)NNC(=O)C(=O)NC(C)C)c2ccccc2c1=O. The molecule has 0 radical (unpaired) electrons. The number of nitrogens with zero attached hydrogens (tertiary/aromatic N) is 2. The van der Waals surface area contributed by atoms with Crippen LogP contribution in [0.25, 0.3) is 10.8 Å². The lowest BCUT2D eigenvalue weighted by molar-refractivity contribution is -0.139. The molecule has 1 heterocycles. The zero-order valence-corrected chi connectivity index (χ0v) is 15.7. The van der Waals surface area contributed by atoms with Gasteiger partial charge in [-0.25, -0.2) is 4.68 Å². The Balaban J connectivity index is 2.30. The fraction of sp³-hybridized carbons (Fsp3) is 0.389. The average Bonchev–Trinajstić information content (AvgIpc) is 2.60. The Hall–Kier alpha value is -3.23. The van der Waals surface area contributed by atoms with Gasteiger partial charge in [0.25, 0.3) is 11.5 Å². The molecule has 27 heavy (non-hydrogen) atoms. The number of carbonyl (C=O) groups is 3. The Morgan fingerprint density at radius 1 is 1.00 bits per heavy atom. The molecule has 2 rings (SSSR count). The molecule has 2 aromatic rings. The molecule has 0 aliphatic heterocycles. The van der Waals surface area contributed by atoms with Gasteiger partial charge in [0.1, 0.15) is 0 Å². The Bertz CT molecular complexity index is 933. The van der Waals surface area contributed by atoms with Crippen LogP contribution >= 0.6 is 0 Å². The maximum atomic E-state index is 12.5. The predicted octanol–water partition coefficient (Wildman–Crippen LogP) is 0.338. The van der Waals surface area contributed by atoms with E-state index < -0.39 is 17.7 Å². The Morgan fingerprint density at radius 2 is 1.63 bits per heavy atom. The molecule has 0 saturated heterocycles. The molecule has 0 bridgehead atoms. The summed E-state index contributed by atoms with van der Waals surface area (Å²) in [6.45, 7) is 7.61. The molecular weight excluding hydrogens is 350 g/mol. The molecule has 0 unspecified atom stereocenters. The van der Waals surface area contributed by atoms with Gasteiger partial charge in [0.15, 0.2) is 5.69 Å². The van der Waals surface area contributed by atoms with Gasteiger partial charge in [-0.15, -0.1) is 0 Å². The van der Waals surface area contributed by atoms with E-state index in [1.54, 1.807) is 38.1 Å². The third-order valence-corrected chi connectivity index (χ3v) is 3.54. The summed E-state index contributed by atoms with van der Waals surface area (Å²) in [6.07, 6.45) is 0. The van der Waals surface area contributed by atoms with E-state index >= 15 is 0 Å². The van der Waals surface area contributed by atoms with Gasteiger partial charge in [-0.05, 0) is 25.8 Å². The molecule has 0 aliphatic carbocycles. The van der Waals surface area contributed by atoms with Crippen LogP contribution in [0.5, 0.6) is 0 Å². The van der Waals surface area contributed by atoms with Gasteiger partial charge >= 0.3 is 11.8 Å². The van der Waals surface area contributed by atoms with Gasteiger partial charge in [-0.1, -0.05) is 32.0 Å². The van der Waals surface area contributed by atoms with E-state index in [1.165, 1.54) is 4.68 Å².